The number of fused-ring (bicyclic) bond motifs is 4. The molecule has 0 aliphatic carbocycles. The van der Waals surface area contributed by atoms with Crippen molar-refractivity contribution in [1.82, 2.24) is 10.2 Å². The predicted molar refractivity (Wildman–Crippen MR) is 114 cm³/mol. The van der Waals surface area contributed by atoms with Crippen LogP contribution in [0.25, 0.3) is 10.1 Å². The highest BCUT2D eigenvalue weighted by atomic mass is 35.5. The third-order valence-corrected chi connectivity index (χ3v) is 7.06. The van der Waals surface area contributed by atoms with E-state index < -0.39 is 0 Å². The zero-order valence-electron chi connectivity index (χ0n) is 16.5. The van der Waals surface area contributed by atoms with Gasteiger partial charge in [0, 0.05) is 16.3 Å². The molecule has 1 N–H and O–H groups in total. The molecule has 6 heteroatoms. The summed E-state index contributed by atoms with van der Waals surface area (Å²) in [7, 11) is 0. The largest absolute Gasteiger partial charge is 0.491 e. The van der Waals surface area contributed by atoms with E-state index in [4.69, 9.17) is 4.74 Å². The summed E-state index contributed by atoms with van der Waals surface area (Å²) in [5.41, 5.74) is 0.0335. The van der Waals surface area contributed by atoms with Crippen LogP contribution in [-0.4, -0.2) is 41.6 Å². The molecule has 5 rings (SSSR count). The van der Waals surface area contributed by atoms with Gasteiger partial charge in [0.1, 0.15) is 5.75 Å². The van der Waals surface area contributed by atoms with Gasteiger partial charge in [-0.05, 0) is 89.2 Å². The number of piperidine rings is 3. The van der Waals surface area contributed by atoms with Crippen molar-refractivity contribution in [1.29, 1.82) is 0 Å². The molecule has 4 heterocycles. The molecule has 27 heavy (non-hydrogen) atoms. The molecule has 0 radical (unpaired) electrons. The van der Waals surface area contributed by atoms with Gasteiger partial charge in [-0.15, -0.1) is 23.7 Å². The number of benzene rings is 1. The summed E-state index contributed by atoms with van der Waals surface area (Å²) in [6.07, 6.45) is 2.53. The van der Waals surface area contributed by atoms with Crippen molar-refractivity contribution in [3.05, 3.63) is 29.1 Å². The van der Waals surface area contributed by atoms with Crippen molar-refractivity contribution in [2.75, 3.05) is 13.1 Å². The van der Waals surface area contributed by atoms with Gasteiger partial charge in [-0.2, -0.15) is 0 Å². The molecule has 0 spiro atoms. The van der Waals surface area contributed by atoms with E-state index in [-0.39, 0.29) is 36.0 Å². The van der Waals surface area contributed by atoms with E-state index in [0.29, 0.717) is 5.92 Å². The molecule has 0 saturated carbocycles. The van der Waals surface area contributed by atoms with E-state index >= 15 is 0 Å². The maximum atomic E-state index is 13.0. The minimum absolute atomic E-state index is 0. The van der Waals surface area contributed by atoms with E-state index in [1.807, 2.05) is 38.1 Å². The molecule has 1 aromatic heterocycles. The zero-order valence-corrected chi connectivity index (χ0v) is 18.1. The molecule has 3 aliphatic rings. The van der Waals surface area contributed by atoms with Crippen molar-refractivity contribution in [3.63, 3.8) is 0 Å². The number of halogens is 1. The Balaban J connectivity index is 0.00000210. The molecule has 148 valence electrons. The van der Waals surface area contributed by atoms with Crippen molar-refractivity contribution >= 4 is 39.7 Å². The summed E-state index contributed by atoms with van der Waals surface area (Å²) < 4.78 is 6.87. The SMILES string of the molecule is CC(C)Oc1ccc2cc(C(=O)NC3C4CCN(CC4)C3(C)C)sc2c1.Cl. The van der Waals surface area contributed by atoms with E-state index in [2.05, 4.69) is 24.1 Å². The Morgan fingerprint density at radius 3 is 2.59 bits per heavy atom. The van der Waals surface area contributed by atoms with Crippen LogP contribution in [0.5, 0.6) is 5.75 Å². The molecule has 3 saturated heterocycles. The van der Waals surface area contributed by atoms with Gasteiger partial charge in [0.25, 0.3) is 5.91 Å². The summed E-state index contributed by atoms with van der Waals surface area (Å²) in [6.45, 7) is 10.9. The molecule has 1 aromatic carbocycles. The molecule has 3 fully saturated rings. The lowest BCUT2D eigenvalue weighted by Gasteiger charge is -2.56. The normalized spacial score (nSPS) is 26.0. The molecule has 1 atom stereocenters. The van der Waals surface area contributed by atoms with Gasteiger partial charge in [0.15, 0.2) is 0 Å². The maximum Gasteiger partial charge on any atom is 0.261 e. The van der Waals surface area contributed by atoms with Crippen LogP contribution >= 0.6 is 23.7 Å². The van der Waals surface area contributed by atoms with Crippen LogP contribution in [0.2, 0.25) is 0 Å². The Morgan fingerprint density at radius 1 is 1.26 bits per heavy atom. The molecule has 2 bridgehead atoms. The molecule has 3 aliphatic heterocycles. The van der Waals surface area contributed by atoms with Crippen LogP contribution in [0.15, 0.2) is 24.3 Å². The molecule has 4 nitrogen and oxygen atoms in total. The summed E-state index contributed by atoms with van der Waals surface area (Å²) in [5.74, 6) is 1.52. The molecular weight excluding hydrogens is 380 g/mol. The number of nitrogens with one attached hydrogen (secondary N) is 1. The first-order valence-corrected chi connectivity index (χ1v) is 10.4. The second kappa shape index (κ2) is 7.61. The van der Waals surface area contributed by atoms with Crippen LogP contribution in [0.3, 0.4) is 0 Å². The quantitative estimate of drug-likeness (QED) is 0.796. The lowest BCUT2D eigenvalue weighted by Crippen LogP contribution is -2.69. The summed E-state index contributed by atoms with van der Waals surface area (Å²) >= 11 is 1.55. The fraction of sp³-hybridized carbons (Fsp3) is 0.571. The Hall–Kier alpha value is -1.30. The van der Waals surface area contributed by atoms with E-state index in [0.717, 1.165) is 33.8 Å². The predicted octanol–water partition coefficient (Wildman–Crippen LogP) is 4.71. The number of nitrogens with zero attached hydrogens (tertiary/aromatic N) is 1. The number of ether oxygens (including phenoxy) is 1. The van der Waals surface area contributed by atoms with Crippen LogP contribution in [0.1, 0.15) is 50.2 Å². The van der Waals surface area contributed by atoms with Gasteiger partial charge in [0.2, 0.25) is 0 Å². The highest BCUT2D eigenvalue weighted by Gasteiger charge is 2.48. The van der Waals surface area contributed by atoms with Crippen molar-refractivity contribution in [2.24, 2.45) is 5.92 Å². The standard InChI is InChI=1S/C21H28N2O2S.ClH/c1-13(2)25-16-6-5-15-11-18(26-17(15)12-16)20(24)22-19-14-7-9-23(10-8-14)21(19,3)4;/h5-6,11-14,19H,7-10H2,1-4H3,(H,22,24);1H. The minimum Gasteiger partial charge on any atom is -0.491 e. The highest BCUT2D eigenvalue weighted by Crippen LogP contribution is 2.39. The number of carbonyl (C=O) groups excluding carboxylic acids is 1. The molecule has 2 aromatic rings. The summed E-state index contributed by atoms with van der Waals surface area (Å²) in [5, 5.41) is 4.46. The second-order valence-electron chi connectivity index (χ2n) is 8.41. The van der Waals surface area contributed by atoms with E-state index in [1.165, 1.54) is 12.8 Å². The van der Waals surface area contributed by atoms with Crippen molar-refractivity contribution in [3.8, 4) is 5.75 Å². The first-order chi connectivity index (χ1) is 12.3. The van der Waals surface area contributed by atoms with Gasteiger partial charge in [-0.3, -0.25) is 9.69 Å². The Kier molecular flexibility index (Phi) is 5.76. The van der Waals surface area contributed by atoms with Gasteiger partial charge < -0.3 is 10.1 Å². The first-order valence-electron chi connectivity index (χ1n) is 9.61. The van der Waals surface area contributed by atoms with E-state index in [9.17, 15) is 4.79 Å². The van der Waals surface area contributed by atoms with Gasteiger partial charge >= 0.3 is 0 Å². The van der Waals surface area contributed by atoms with Crippen LogP contribution in [0.4, 0.5) is 0 Å². The van der Waals surface area contributed by atoms with Crippen LogP contribution in [0, 0.1) is 5.92 Å². The number of rotatable bonds is 4. The first kappa shape index (κ1) is 20.4. The van der Waals surface area contributed by atoms with Crippen molar-refractivity contribution < 1.29 is 9.53 Å². The fourth-order valence-electron chi connectivity index (χ4n) is 4.56. The summed E-state index contributed by atoms with van der Waals surface area (Å²) in [4.78, 5) is 16.3. The number of hydrogen-bond donors (Lipinski definition) is 1. The number of amides is 1. The van der Waals surface area contributed by atoms with E-state index in [1.54, 1.807) is 11.3 Å². The minimum atomic E-state index is 0. The Bertz CT molecular complexity index is 825. The van der Waals surface area contributed by atoms with Crippen molar-refractivity contribution in [2.45, 2.75) is 58.2 Å². The fourth-order valence-corrected chi connectivity index (χ4v) is 5.55. The number of thiophene rings is 1. The molecule has 1 amide bonds. The van der Waals surface area contributed by atoms with Gasteiger partial charge in [0.05, 0.1) is 11.0 Å². The average Bonchev–Trinajstić information content (AvgIpc) is 3.01. The third kappa shape index (κ3) is 3.82. The Labute approximate surface area is 171 Å². The second-order valence-corrected chi connectivity index (χ2v) is 9.49. The number of carbonyl (C=O) groups is 1. The van der Waals surface area contributed by atoms with Gasteiger partial charge in [-0.1, -0.05) is 0 Å². The maximum absolute atomic E-state index is 13.0. The summed E-state index contributed by atoms with van der Waals surface area (Å²) in [6, 6.07) is 8.28. The average molecular weight is 409 g/mol. The highest BCUT2D eigenvalue weighted by molar-refractivity contribution is 7.20. The number of hydrogen-bond acceptors (Lipinski definition) is 4. The monoisotopic (exact) mass is 408 g/mol. The Morgan fingerprint density at radius 2 is 1.96 bits per heavy atom. The smallest absolute Gasteiger partial charge is 0.261 e. The van der Waals surface area contributed by atoms with Gasteiger partial charge in [-0.25, -0.2) is 0 Å². The zero-order chi connectivity index (χ0) is 18.5. The van der Waals surface area contributed by atoms with Crippen LogP contribution < -0.4 is 10.1 Å². The lowest BCUT2D eigenvalue weighted by atomic mass is 9.72. The third-order valence-electron chi connectivity index (χ3n) is 5.96. The van der Waals surface area contributed by atoms with Crippen LogP contribution in [-0.2, 0) is 0 Å². The topological polar surface area (TPSA) is 41.6 Å². The lowest BCUT2D eigenvalue weighted by molar-refractivity contribution is -0.0377. The molecule has 1 unspecified atom stereocenters. The molecular formula is C21H29ClN2O2S.